The van der Waals surface area contributed by atoms with Gasteiger partial charge in [-0.05, 0) is 49.7 Å². The summed E-state index contributed by atoms with van der Waals surface area (Å²) in [5.41, 5.74) is 5.80. The van der Waals surface area contributed by atoms with Gasteiger partial charge in [-0.1, -0.05) is 17.7 Å². The van der Waals surface area contributed by atoms with Crippen LogP contribution in [0.5, 0.6) is 5.75 Å². The standard InChI is InChI=1S/C21H18N6O/c1-13-4-9-18(14(2)10-13)27-20-17(11-23-27)21-25-24-19(26(21)12-22-20)15-5-7-16(28-3)8-6-15/h4-12H,1-3H3. The second-order valence-electron chi connectivity index (χ2n) is 6.77. The first-order chi connectivity index (χ1) is 13.7. The van der Waals surface area contributed by atoms with E-state index in [1.807, 2.05) is 33.3 Å². The number of ether oxygens (including phenoxy) is 1. The van der Waals surface area contributed by atoms with Crippen molar-refractivity contribution >= 4 is 16.7 Å². The van der Waals surface area contributed by atoms with Crippen molar-refractivity contribution in [3.63, 3.8) is 0 Å². The Morgan fingerprint density at radius 2 is 1.75 bits per heavy atom. The zero-order chi connectivity index (χ0) is 19.3. The molecule has 0 aliphatic carbocycles. The summed E-state index contributed by atoms with van der Waals surface area (Å²) < 4.78 is 8.97. The molecule has 0 atom stereocenters. The number of hydrogen-bond donors (Lipinski definition) is 0. The smallest absolute Gasteiger partial charge is 0.175 e. The van der Waals surface area contributed by atoms with Crippen molar-refractivity contribution in [1.82, 2.24) is 29.4 Å². The fourth-order valence-electron chi connectivity index (χ4n) is 3.48. The molecule has 3 heterocycles. The maximum absolute atomic E-state index is 5.23. The van der Waals surface area contributed by atoms with E-state index in [1.165, 1.54) is 5.56 Å². The number of rotatable bonds is 3. The summed E-state index contributed by atoms with van der Waals surface area (Å²) in [7, 11) is 1.65. The second kappa shape index (κ2) is 6.16. The average molecular weight is 370 g/mol. The van der Waals surface area contributed by atoms with Gasteiger partial charge in [0, 0.05) is 5.56 Å². The van der Waals surface area contributed by atoms with Crippen molar-refractivity contribution < 1.29 is 4.74 Å². The van der Waals surface area contributed by atoms with Gasteiger partial charge < -0.3 is 4.74 Å². The molecule has 0 bridgehead atoms. The Morgan fingerprint density at radius 1 is 0.929 bits per heavy atom. The number of methoxy groups -OCH3 is 1. The molecule has 0 unspecified atom stereocenters. The highest BCUT2D eigenvalue weighted by atomic mass is 16.5. The molecule has 7 heteroatoms. The van der Waals surface area contributed by atoms with E-state index >= 15 is 0 Å². The van der Waals surface area contributed by atoms with Gasteiger partial charge in [0.1, 0.15) is 12.1 Å². The molecule has 0 radical (unpaired) electrons. The van der Waals surface area contributed by atoms with Crippen LogP contribution < -0.4 is 4.74 Å². The quantitative estimate of drug-likeness (QED) is 0.484. The van der Waals surface area contributed by atoms with E-state index < -0.39 is 0 Å². The highest BCUT2D eigenvalue weighted by Crippen LogP contribution is 2.26. The van der Waals surface area contributed by atoms with E-state index in [-0.39, 0.29) is 0 Å². The summed E-state index contributed by atoms with van der Waals surface area (Å²) in [5, 5.41) is 14.2. The summed E-state index contributed by atoms with van der Waals surface area (Å²) in [4.78, 5) is 4.66. The van der Waals surface area contributed by atoms with E-state index in [1.54, 1.807) is 19.6 Å². The Kier molecular flexibility index (Phi) is 3.61. The zero-order valence-electron chi connectivity index (χ0n) is 15.8. The molecule has 7 nitrogen and oxygen atoms in total. The first-order valence-corrected chi connectivity index (χ1v) is 8.95. The molecule has 2 aromatic carbocycles. The van der Waals surface area contributed by atoms with Gasteiger partial charge in [0.05, 0.1) is 24.4 Å². The lowest BCUT2D eigenvalue weighted by Gasteiger charge is -2.08. The van der Waals surface area contributed by atoms with E-state index in [0.29, 0.717) is 0 Å². The molecular weight excluding hydrogens is 352 g/mol. The van der Waals surface area contributed by atoms with E-state index in [2.05, 4.69) is 52.3 Å². The normalized spacial score (nSPS) is 11.4. The summed E-state index contributed by atoms with van der Waals surface area (Å²) in [5.74, 6) is 1.53. The Hall–Kier alpha value is -3.74. The summed E-state index contributed by atoms with van der Waals surface area (Å²) in [6.07, 6.45) is 3.54. The zero-order valence-corrected chi connectivity index (χ0v) is 15.8. The molecular formula is C21H18N6O. The molecule has 0 spiro atoms. The number of fused-ring (bicyclic) bond motifs is 3. The third kappa shape index (κ3) is 2.44. The van der Waals surface area contributed by atoms with Gasteiger partial charge in [-0.3, -0.25) is 4.40 Å². The van der Waals surface area contributed by atoms with Gasteiger partial charge in [-0.15, -0.1) is 10.2 Å². The monoisotopic (exact) mass is 370 g/mol. The minimum atomic E-state index is 0.728. The fourth-order valence-corrected chi connectivity index (χ4v) is 3.48. The lowest BCUT2D eigenvalue weighted by molar-refractivity contribution is 0.415. The van der Waals surface area contributed by atoms with Crippen LogP contribution in [0.3, 0.4) is 0 Å². The third-order valence-corrected chi connectivity index (χ3v) is 4.90. The van der Waals surface area contributed by atoms with Crippen LogP contribution in [0.2, 0.25) is 0 Å². The summed E-state index contributed by atoms with van der Waals surface area (Å²) >= 11 is 0. The Bertz CT molecular complexity index is 1320. The largest absolute Gasteiger partial charge is 0.497 e. The van der Waals surface area contributed by atoms with Crippen molar-refractivity contribution in [2.45, 2.75) is 13.8 Å². The van der Waals surface area contributed by atoms with Crippen LogP contribution in [0.1, 0.15) is 11.1 Å². The van der Waals surface area contributed by atoms with Crippen LogP contribution in [-0.4, -0.2) is 36.5 Å². The lowest BCUT2D eigenvalue weighted by atomic mass is 10.1. The van der Waals surface area contributed by atoms with Crippen LogP contribution in [0.25, 0.3) is 33.8 Å². The molecule has 0 aliphatic rings. The number of aromatic nitrogens is 6. The van der Waals surface area contributed by atoms with Crippen LogP contribution in [0, 0.1) is 13.8 Å². The minimum absolute atomic E-state index is 0.728. The highest BCUT2D eigenvalue weighted by molar-refractivity contribution is 5.90. The van der Waals surface area contributed by atoms with Crippen molar-refractivity contribution in [2.75, 3.05) is 7.11 Å². The molecule has 0 N–H and O–H groups in total. The Morgan fingerprint density at radius 3 is 2.50 bits per heavy atom. The van der Waals surface area contributed by atoms with E-state index in [0.717, 1.165) is 45.1 Å². The van der Waals surface area contributed by atoms with Crippen LogP contribution in [-0.2, 0) is 0 Å². The molecule has 3 aromatic heterocycles. The van der Waals surface area contributed by atoms with Gasteiger partial charge in [0.15, 0.2) is 17.1 Å². The van der Waals surface area contributed by atoms with Gasteiger partial charge >= 0.3 is 0 Å². The van der Waals surface area contributed by atoms with Gasteiger partial charge in [0.2, 0.25) is 0 Å². The molecule has 0 amide bonds. The molecule has 138 valence electrons. The second-order valence-corrected chi connectivity index (χ2v) is 6.77. The topological polar surface area (TPSA) is 70.1 Å². The summed E-state index contributed by atoms with van der Waals surface area (Å²) in [6.45, 7) is 4.16. The summed E-state index contributed by atoms with van der Waals surface area (Å²) in [6, 6.07) is 14.0. The average Bonchev–Trinajstić information content (AvgIpc) is 3.32. The third-order valence-electron chi connectivity index (χ3n) is 4.90. The number of nitrogens with zero attached hydrogens (tertiary/aromatic N) is 6. The van der Waals surface area contributed by atoms with Gasteiger partial charge in [-0.25, -0.2) is 9.67 Å². The predicted octanol–water partition coefficient (Wildman–Crippen LogP) is 3.76. The van der Waals surface area contributed by atoms with Gasteiger partial charge in [-0.2, -0.15) is 5.10 Å². The molecule has 0 saturated heterocycles. The van der Waals surface area contributed by atoms with Crippen molar-refractivity contribution in [3.05, 3.63) is 66.1 Å². The van der Waals surface area contributed by atoms with Gasteiger partial charge in [0.25, 0.3) is 0 Å². The van der Waals surface area contributed by atoms with E-state index in [9.17, 15) is 0 Å². The highest BCUT2D eigenvalue weighted by Gasteiger charge is 2.16. The fraction of sp³-hybridized carbons (Fsp3) is 0.143. The van der Waals surface area contributed by atoms with Crippen LogP contribution >= 0.6 is 0 Å². The van der Waals surface area contributed by atoms with Crippen LogP contribution in [0.4, 0.5) is 0 Å². The van der Waals surface area contributed by atoms with Crippen molar-refractivity contribution in [1.29, 1.82) is 0 Å². The maximum Gasteiger partial charge on any atom is 0.175 e. The Balaban J connectivity index is 1.67. The molecule has 5 aromatic rings. The predicted molar refractivity (Wildman–Crippen MR) is 107 cm³/mol. The number of benzene rings is 2. The van der Waals surface area contributed by atoms with Crippen molar-refractivity contribution in [3.8, 4) is 22.8 Å². The van der Waals surface area contributed by atoms with Crippen LogP contribution in [0.15, 0.2) is 55.0 Å². The molecule has 28 heavy (non-hydrogen) atoms. The maximum atomic E-state index is 5.23. The first-order valence-electron chi connectivity index (χ1n) is 8.95. The number of aryl methyl sites for hydroxylation is 2. The molecule has 0 fully saturated rings. The Labute approximate surface area is 161 Å². The molecule has 0 saturated carbocycles. The first kappa shape index (κ1) is 16.4. The minimum Gasteiger partial charge on any atom is -0.497 e. The molecule has 0 aliphatic heterocycles. The van der Waals surface area contributed by atoms with Crippen molar-refractivity contribution in [2.24, 2.45) is 0 Å². The van der Waals surface area contributed by atoms with E-state index in [4.69, 9.17) is 4.74 Å². The lowest BCUT2D eigenvalue weighted by Crippen LogP contribution is -2.01. The number of hydrogen-bond acceptors (Lipinski definition) is 5. The molecule has 5 rings (SSSR count). The SMILES string of the molecule is COc1ccc(-c2nnc3c4cnn(-c5ccc(C)cc5C)c4ncn23)cc1.